The minimum absolute atomic E-state index is 0.0116. The summed E-state index contributed by atoms with van der Waals surface area (Å²) >= 11 is 0. The van der Waals surface area contributed by atoms with Gasteiger partial charge < -0.3 is 4.74 Å². The van der Waals surface area contributed by atoms with Crippen LogP contribution < -0.4 is 4.74 Å². The summed E-state index contributed by atoms with van der Waals surface area (Å²) in [6.45, 7) is 1.49. The molecule has 0 bridgehead atoms. The van der Waals surface area contributed by atoms with Crippen molar-refractivity contribution in [1.82, 2.24) is 0 Å². The highest BCUT2D eigenvalue weighted by Gasteiger charge is 2.04. The van der Waals surface area contributed by atoms with Gasteiger partial charge in [0.15, 0.2) is 17.3 Å². The van der Waals surface area contributed by atoms with Crippen molar-refractivity contribution in [3.63, 3.8) is 0 Å². The maximum absolute atomic E-state index is 13.3. The van der Waals surface area contributed by atoms with E-state index in [4.69, 9.17) is 4.74 Å². The number of carbonyl (C=O) groups is 1. The number of Topliss-reactive ketones (excluding diaryl/α,β-unsaturated/α-hetero) is 1. The highest BCUT2D eigenvalue weighted by atomic mass is 19.1. The van der Waals surface area contributed by atoms with E-state index in [0.29, 0.717) is 11.3 Å². The standard InChI is InChI=1S/C14H11FO2/c1-10(16)11-6-8-12(9-7-11)17-14-5-3-2-4-13(14)15/h2-9H,1H3. The minimum atomic E-state index is -0.414. The molecule has 0 aliphatic carbocycles. The fourth-order valence-electron chi connectivity index (χ4n) is 1.41. The van der Waals surface area contributed by atoms with Crippen molar-refractivity contribution in [1.29, 1.82) is 0 Å². The largest absolute Gasteiger partial charge is 0.454 e. The molecule has 0 radical (unpaired) electrons. The molecular weight excluding hydrogens is 219 g/mol. The first-order valence-corrected chi connectivity index (χ1v) is 5.20. The molecule has 0 aromatic heterocycles. The van der Waals surface area contributed by atoms with Crippen molar-refractivity contribution in [2.45, 2.75) is 6.92 Å². The predicted molar refractivity (Wildman–Crippen MR) is 62.9 cm³/mol. The fourth-order valence-corrected chi connectivity index (χ4v) is 1.41. The van der Waals surface area contributed by atoms with Crippen molar-refractivity contribution < 1.29 is 13.9 Å². The summed E-state index contributed by atoms with van der Waals surface area (Å²) in [5, 5.41) is 0. The van der Waals surface area contributed by atoms with Gasteiger partial charge in [-0.2, -0.15) is 0 Å². The topological polar surface area (TPSA) is 26.3 Å². The molecule has 17 heavy (non-hydrogen) atoms. The molecule has 0 heterocycles. The lowest BCUT2D eigenvalue weighted by Crippen LogP contribution is -1.92. The predicted octanol–water partition coefficient (Wildman–Crippen LogP) is 3.82. The summed E-state index contributed by atoms with van der Waals surface area (Å²) in [4.78, 5) is 11.1. The van der Waals surface area contributed by atoms with E-state index in [9.17, 15) is 9.18 Å². The number of rotatable bonds is 3. The molecule has 0 N–H and O–H groups in total. The van der Waals surface area contributed by atoms with Crippen molar-refractivity contribution in [3.05, 3.63) is 59.9 Å². The lowest BCUT2D eigenvalue weighted by molar-refractivity contribution is 0.101. The molecule has 0 unspecified atom stereocenters. The number of carbonyl (C=O) groups excluding carboxylic acids is 1. The number of ketones is 1. The SMILES string of the molecule is CC(=O)c1ccc(Oc2ccccc2F)cc1. The van der Waals surface area contributed by atoms with Crippen molar-refractivity contribution in [2.75, 3.05) is 0 Å². The molecule has 0 fully saturated rings. The molecule has 2 nitrogen and oxygen atoms in total. The van der Waals surface area contributed by atoms with Crippen LogP contribution in [0, 0.1) is 5.82 Å². The molecule has 0 amide bonds. The average Bonchev–Trinajstić information content (AvgIpc) is 2.33. The number of benzene rings is 2. The molecule has 0 spiro atoms. The van der Waals surface area contributed by atoms with Gasteiger partial charge in [0.2, 0.25) is 0 Å². The van der Waals surface area contributed by atoms with Crippen LogP contribution >= 0.6 is 0 Å². The van der Waals surface area contributed by atoms with Crippen LogP contribution in [0.4, 0.5) is 4.39 Å². The lowest BCUT2D eigenvalue weighted by atomic mass is 10.1. The zero-order chi connectivity index (χ0) is 12.3. The highest BCUT2D eigenvalue weighted by Crippen LogP contribution is 2.24. The Morgan fingerprint density at radius 3 is 2.29 bits per heavy atom. The molecule has 0 saturated carbocycles. The van der Waals surface area contributed by atoms with Gasteiger partial charge in [-0.05, 0) is 43.3 Å². The van der Waals surface area contributed by atoms with Gasteiger partial charge in [-0.15, -0.1) is 0 Å². The molecule has 2 aromatic rings. The van der Waals surface area contributed by atoms with Gasteiger partial charge in [0.05, 0.1) is 0 Å². The van der Waals surface area contributed by atoms with E-state index in [1.54, 1.807) is 42.5 Å². The zero-order valence-corrected chi connectivity index (χ0v) is 9.31. The fraction of sp³-hybridized carbons (Fsp3) is 0.0714. The minimum Gasteiger partial charge on any atom is -0.454 e. The second-order valence-electron chi connectivity index (χ2n) is 3.61. The van der Waals surface area contributed by atoms with E-state index in [1.165, 1.54) is 13.0 Å². The van der Waals surface area contributed by atoms with Gasteiger partial charge in [-0.25, -0.2) is 4.39 Å². The van der Waals surface area contributed by atoms with Crippen LogP contribution in [0.2, 0.25) is 0 Å². The number of para-hydroxylation sites is 1. The van der Waals surface area contributed by atoms with Crippen molar-refractivity contribution >= 4 is 5.78 Å². The number of hydrogen-bond donors (Lipinski definition) is 0. The molecule has 0 aliphatic rings. The van der Waals surface area contributed by atoms with Crippen LogP contribution in [-0.4, -0.2) is 5.78 Å². The smallest absolute Gasteiger partial charge is 0.165 e. The molecule has 2 aromatic carbocycles. The van der Waals surface area contributed by atoms with Gasteiger partial charge >= 0.3 is 0 Å². The van der Waals surface area contributed by atoms with E-state index in [0.717, 1.165) is 0 Å². The molecular formula is C14H11FO2. The Morgan fingerprint density at radius 2 is 1.71 bits per heavy atom. The summed E-state index contributed by atoms with van der Waals surface area (Å²) in [6, 6.07) is 12.8. The first kappa shape index (κ1) is 11.3. The summed E-state index contributed by atoms with van der Waals surface area (Å²) in [5.74, 6) is 0.244. The third-order valence-corrected chi connectivity index (χ3v) is 2.33. The number of halogens is 1. The second kappa shape index (κ2) is 4.78. The molecule has 0 aliphatic heterocycles. The molecule has 3 heteroatoms. The molecule has 86 valence electrons. The summed E-state index contributed by atoms with van der Waals surface area (Å²) in [7, 11) is 0. The lowest BCUT2D eigenvalue weighted by Gasteiger charge is -2.06. The van der Waals surface area contributed by atoms with Gasteiger partial charge in [0, 0.05) is 5.56 Å². The molecule has 0 atom stereocenters. The number of ether oxygens (including phenoxy) is 1. The van der Waals surface area contributed by atoms with E-state index in [1.807, 2.05) is 0 Å². The highest BCUT2D eigenvalue weighted by molar-refractivity contribution is 5.94. The van der Waals surface area contributed by atoms with Gasteiger partial charge in [-0.3, -0.25) is 4.79 Å². The first-order chi connectivity index (χ1) is 8.16. The van der Waals surface area contributed by atoms with Crippen LogP contribution in [0.5, 0.6) is 11.5 Å². The molecule has 0 saturated heterocycles. The number of hydrogen-bond acceptors (Lipinski definition) is 2. The molecule has 2 rings (SSSR count). The van der Waals surface area contributed by atoms with Crippen LogP contribution in [-0.2, 0) is 0 Å². The van der Waals surface area contributed by atoms with Crippen LogP contribution in [0.25, 0.3) is 0 Å². The average molecular weight is 230 g/mol. The van der Waals surface area contributed by atoms with Gasteiger partial charge in [0.1, 0.15) is 5.75 Å². The summed E-state index contributed by atoms with van der Waals surface area (Å²) in [6.07, 6.45) is 0. The maximum Gasteiger partial charge on any atom is 0.165 e. The quantitative estimate of drug-likeness (QED) is 0.749. The third-order valence-electron chi connectivity index (χ3n) is 2.33. The Bertz CT molecular complexity index is 532. The normalized spacial score (nSPS) is 10.0. The van der Waals surface area contributed by atoms with Crippen molar-refractivity contribution in [3.8, 4) is 11.5 Å². The Hall–Kier alpha value is -2.16. The van der Waals surface area contributed by atoms with Crippen LogP contribution in [0.15, 0.2) is 48.5 Å². The summed E-state index contributed by atoms with van der Waals surface area (Å²) in [5.41, 5.74) is 0.603. The van der Waals surface area contributed by atoms with E-state index >= 15 is 0 Å². The Balaban J connectivity index is 2.20. The second-order valence-corrected chi connectivity index (χ2v) is 3.61. The van der Waals surface area contributed by atoms with Gasteiger partial charge in [0.25, 0.3) is 0 Å². The van der Waals surface area contributed by atoms with Crippen LogP contribution in [0.1, 0.15) is 17.3 Å². The Morgan fingerprint density at radius 1 is 1.06 bits per heavy atom. The van der Waals surface area contributed by atoms with E-state index in [2.05, 4.69) is 0 Å². The van der Waals surface area contributed by atoms with E-state index < -0.39 is 5.82 Å². The van der Waals surface area contributed by atoms with E-state index in [-0.39, 0.29) is 11.5 Å². The first-order valence-electron chi connectivity index (χ1n) is 5.20. The maximum atomic E-state index is 13.3. The monoisotopic (exact) mass is 230 g/mol. The van der Waals surface area contributed by atoms with Crippen LogP contribution in [0.3, 0.4) is 0 Å². The zero-order valence-electron chi connectivity index (χ0n) is 9.31. The van der Waals surface area contributed by atoms with Crippen molar-refractivity contribution in [2.24, 2.45) is 0 Å². The Labute approximate surface area is 98.7 Å². The third kappa shape index (κ3) is 2.69. The summed E-state index contributed by atoms with van der Waals surface area (Å²) < 4.78 is 18.7. The van der Waals surface area contributed by atoms with Gasteiger partial charge in [-0.1, -0.05) is 12.1 Å². The Kier molecular flexibility index (Phi) is 3.19.